The van der Waals surface area contributed by atoms with Crippen molar-refractivity contribution in [1.29, 1.82) is 0 Å². The van der Waals surface area contributed by atoms with Crippen molar-refractivity contribution in [3.63, 3.8) is 0 Å². The average Bonchev–Trinajstić information content (AvgIpc) is 2.38. The van der Waals surface area contributed by atoms with Crippen LogP contribution in [0.15, 0.2) is 36.5 Å². The Labute approximate surface area is 102 Å². The minimum atomic E-state index is 0.337. The number of benzene rings is 1. The van der Waals surface area contributed by atoms with Gasteiger partial charge in [0.05, 0.1) is 5.69 Å². The molecule has 0 aliphatic carbocycles. The van der Waals surface area contributed by atoms with Gasteiger partial charge in [0.2, 0.25) is 5.95 Å². The lowest BCUT2D eigenvalue weighted by atomic mass is 10.0. The third kappa shape index (κ3) is 2.81. The van der Waals surface area contributed by atoms with Crippen LogP contribution in [0.2, 0.25) is 0 Å². The van der Waals surface area contributed by atoms with Crippen LogP contribution in [0, 0.1) is 0 Å². The Morgan fingerprint density at radius 3 is 2.65 bits per heavy atom. The number of rotatable bonds is 4. The number of aryl methyl sites for hydroxylation is 1. The summed E-state index contributed by atoms with van der Waals surface area (Å²) in [5.41, 5.74) is 8.91. The summed E-state index contributed by atoms with van der Waals surface area (Å²) in [7, 11) is 0. The van der Waals surface area contributed by atoms with Crippen molar-refractivity contribution in [1.82, 2.24) is 9.97 Å². The molecule has 0 bridgehead atoms. The van der Waals surface area contributed by atoms with Gasteiger partial charge < -0.3 is 5.73 Å². The molecule has 1 heterocycles. The first-order chi connectivity index (χ1) is 8.31. The van der Waals surface area contributed by atoms with E-state index in [4.69, 9.17) is 5.73 Å². The van der Waals surface area contributed by atoms with Gasteiger partial charge in [-0.15, -0.1) is 0 Å². The third-order valence-electron chi connectivity index (χ3n) is 2.73. The zero-order chi connectivity index (χ0) is 12.1. The zero-order valence-electron chi connectivity index (χ0n) is 10.1. The summed E-state index contributed by atoms with van der Waals surface area (Å²) in [6.45, 7) is 2.18. The number of anilines is 1. The normalized spacial score (nSPS) is 10.4. The molecule has 0 spiro atoms. The lowest BCUT2D eigenvalue weighted by Gasteiger charge is -2.08. The third-order valence-corrected chi connectivity index (χ3v) is 2.73. The van der Waals surface area contributed by atoms with Gasteiger partial charge in [0.15, 0.2) is 0 Å². The van der Waals surface area contributed by atoms with Gasteiger partial charge in [-0.05, 0) is 18.4 Å². The highest BCUT2D eigenvalue weighted by Gasteiger charge is 2.07. The number of nitrogens with two attached hydrogens (primary N) is 1. The molecule has 0 amide bonds. The van der Waals surface area contributed by atoms with E-state index in [1.807, 2.05) is 24.4 Å². The Morgan fingerprint density at radius 2 is 1.94 bits per heavy atom. The smallest absolute Gasteiger partial charge is 0.220 e. The summed E-state index contributed by atoms with van der Waals surface area (Å²) in [5.74, 6) is 0.337. The fourth-order valence-corrected chi connectivity index (χ4v) is 1.82. The monoisotopic (exact) mass is 227 g/mol. The molecule has 0 aliphatic heterocycles. The minimum absolute atomic E-state index is 0.337. The molecule has 0 fully saturated rings. The van der Waals surface area contributed by atoms with Crippen LogP contribution in [0.4, 0.5) is 5.95 Å². The maximum Gasteiger partial charge on any atom is 0.220 e. The first-order valence-electron chi connectivity index (χ1n) is 5.98. The van der Waals surface area contributed by atoms with Crippen molar-refractivity contribution in [2.75, 3.05) is 5.73 Å². The van der Waals surface area contributed by atoms with E-state index < -0.39 is 0 Å². The van der Waals surface area contributed by atoms with Gasteiger partial charge in [0.25, 0.3) is 0 Å². The molecule has 2 N–H and O–H groups in total. The molecule has 0 atom stereocenters. The summed E-state index contributed by atoms with van der Waals surface area (Å²) in [6, 6.07) is 10.1. The largest absolute Gasteiger partial charge is 0.368 e. The van der Waals surface area contributed by atoms with E-state index in [-0.39, 0.29) is 0 Å². The molecule has 88 valence electrons. The second-order valence-corrected chi connectivity index (χ2v) is 4.07. The Bertz CT molecular complexity index is 480. The Hall–Kier alpha value is -1.90. The van der Waals surface area contributed by atoms with Crippen LogP contribution in [0.5, 0.6) is 0 Å². The molecule has 1 aromatic heterocycles. The van der Waals surface area contributed by atoms with Crippen LogP contribution < -0.4 is 5.73 Å². The van der Waals surface area contributed by atoms with Gasteiger partial charge in [-0.1, -0.05) is 43.7 Å². The maximum absolute atomic E-state index is 5.67. The van der Waals surface area contributed by atoms with Crippen molar-refractivity contribution in [3.8, 4) is 11.3 Å². The molecule has 0 radical (unpaired) electrons. The number of unbranched alkanes of at least 4 members (excludes halogenated alkanes) is 1. The average molecular weight is 227 g/mol. The Kier molecular flexibility index (Phi) is 3.70. The lowest BCUT2D eigenvalue weighted by molar-refractivity contribution is 0.790. The molecule has 2 aromatic rings. The van der Waals surface area contributed by atoms with Crippen LogP contribution in [-0.4, -0.2) is 9.97 Å². The minimum Gasteiger partial charge on any atom is -0.368 e. The maximum atomic E-state index is 5.67. The summed E-state index contributed by atoms with van der Waals surface area (Å²) in [6.07, 6.45) is 5.16. The van der Waals surface area contributed by atoms with Crippen LogP contribution >= 0.6 is 0 Å². The van der Waals surface area contributed by atoms with Gasteiger partial charge in [-0.3, -0.25) is 0 Å². The molecule has 3 heteroatoms. The van der Waals surface area contributed by atoms with Gasteiger partial charge in [0.1, 0.15) is 0 Å². The molecular formula is C14H17N3. The zero-order valence-corrected chi connectivity index (χ0v) is 10.1. The van der Waals surface area contributed by atoms with Crippen LogP contribution in [0.1, 0.15) is 25.3 Å². The predicted molar refractivity (Wildman–Crippen MR) is 70.5 cm³/mol. The van der Waals surface area contributed by atoms with E-state index in [0.29, 0.717) is 5.95 Å². The van der Waals surface area contributed by atoms with Crippen molar-refractivity contribution in [3.05, 3.63) is 42.1 Å². The summed E-state index contributed by atoms with van der Waals surface area (Å²) in [5, 5.41) is 0. The van der Waals surface area contributed by atoms with Crippen LogP contribution in [-0.2, 0) is 6.42 Å². The van der Waals surface area contributed by atoms with Crippen LogP contribution in [0.3, 0.4) is 0 Å². The second-order valence-electron chi connectivity index (χ2n) is 4.07. The molecule has 0 saturated carbocycles. The van der Waals surface area contributed by atoms with Crippen molar-refractivity contribution in [2.45, 2.75) is 26.2 Å². The highest BCUT2D eigenvalue weighted by Crippen LogP contribution is 2.22. The molecule has 2 rings (SSSR count). The van der Waals surface area contributed by atoms with E-state index >= 15 is 0 Å². The Morgan fingerprint density at radius 1 is 1.18 bits per heavy atom. The highest BCUT2D eigenvalue weighted by atomic mass is 15.0. The van der Waals surface area contributed by atoms with Gasteiger partial charge >= 0.3 is 0 Å². The van der Waals surface area contributed by atoms with E-state index in [1.54, 1.807) is 0 Å². The van der Waals surface area contributed by atoms with E-state index in [9.17, 15) is 0 Å². The second kappa shape index (κ2) is 5.43. The Balaban J connectivity index is 2.40. The van der Waals surface area contributed by atoms with Gasteiger partial charge in [0, 0.05) is 11.8 Å². The number of hydrogen-bond acceptors (Lipinski definition) is 3. The van der Waals surface area contributed by atoms with E-state index in [0.717, 1.165) is 24.1 Å². The molecule has 0 aliphatic rings. The van der Waals surface area contributed by atoms with Gasteiger partial charge in [-0.25, -0.2) is 9.97 Å². The number of aromatic nitrogens is 2. The molecule has 1 aromatic carbocycles. The molecule has 17 heavy (non-hydrogen) atoms. The fraction of sp³-hybridized carbons (Fsp3) is 0.286. The van der Waals surface area contributed by atoms with E-state index in [2.05, 4.69) is 29.0 Å². The summed E-state index contributed by atoms with van der Waals surface area (Å²) >= 11 is 0. The quantitative estimate of drug-likeness (QED) is 0.873. The fourth-order valence-electron chi connectivity index (χ4n) is 1.82. The van der Waals surface area contributed by atoms with Crippen molar-refractivity contribution in [2.24, 2.45) is 0 Å². The first-order valence-corrected chi connectivity index (χ1v) is 5.98. The molecule has 0 saturated heterocycles. The molecular weight excluding hydrogens is 210 g/mol. The summed E-state index contributed by atoms with van der Waals surface area (Å²) < 4.78 is 0. The highest BCUT2D eigenvalue weighted by molar-refractivity contribution is 5.63. The SMILES string of the molecule is CCCCc1cnc(N)nc1-c1ccccc1. The topological polar surface area (TPSA) is 51.8 Å². The van der Waals surface area contributed by atoms with Crippen LogP contribution in [0.25, 0.3) is 11.3 Å². The standard InChI is InChI=1S/C14H17N3/c1-2-3-7-12-10-16-14(15)17-13(12)11-8-5-4-6-9-11/h4-6,8-10H,2-3,7H2,1H3,(H2,15,16,17). The molecule has 0 unspecified atom stereocenters. The number of nitrogens with zero attached hydrogens (tertiary/aromatic N) is 2. The van der Waals surface area contributed by atoms with Crippen molar-refractivity contribution < 1.29 is 0 Å². The lowest BCUT2D eigenvalue weighted by Crippen LogP contribution is -2.01. The van der Waals surface area contributed by atoms with Gasteiger partial charge in [-0.2, -0.15) is 0 Å². The first kappa shape index (κ1) is 11.6. The van der Waals surface area contributed by atoms with Crippen molar-refractivity contribution >= 4 is 5.95 Å². The predicted octanol–water partition coefficient (Wildman–Crippen LogP) is 3.07. The van der Waals surface area contributed by atoms with E-state index in [1.165, 1.54) is 12.0 Å². The number of nitrogen functional groups attached to an aromatic ring is 1. The molecule has 3 nitrogen and oxygen atoms in total. The number of hydrogen-bond donors (Lipinski definition) is 1. The summed E-state index contributed by atoms with van der Waals surface area (Å²) in [4.78, 5) is 8.45.